The summed E-state index contributed by atoms with van der Waals surface area (Å²) in [6, 6.07) is 7.47. The summed E-state index contributed by atoms with van der Waals surface area (Å²) in [6.07, 6.45) is 3.25. The molecule has 3 rings (SSSR count). The van der Waals surface area contributed by atoms with Gasteiger partial charge in [0.15, 0.2) is 0 Å². The van der Waals surface area contributed by atoms with Crippen molar-refractivity contribution in [3.05, 3.63) is 40.8 Å². The van der Waals surface area contributed by atoms with Crippen LogP contribution in [-0.4, -0.2) is 40.3 Å². The first-order valence-corrected chi connectivity index (χ1v) is 8.03. The summed E-state index contributed by atoms with van der Waals surface area (Å²) >= 11 is 0. The lowest BCUT2D eigenvalue weighted by atomic mass is 9.97. The molecule has 0 spiro atoms. The normalized spacial score (nSPS) is 16.6. The van der Waals surface area contributed by atoms with Crippen LogP contribution >= 0.6 is 0 Å². The number of piperidine rings is 1. The Morgan fingerprint density at radius 1 is 1.30 bits per heavy atom. The van der Waals surface area contributed by atoms with Gasteiger partial charge in [0.1, 0.15) is 0 Å². The smallest absolute Gasteiger partial charge is 0.309 e. The molecule has 0 saturated carbocycles. The van der Waals surface area contributed by atoms with E-state index < -0.39 is 0 Å². The van der Waals surface area contributed by atoms with E-state index in [1.54, 1.807) is 6.20 Å². The first kappa shape index (κ1) is 15.7. The van der Waals surface area contributed by atoms with Crippen LogP contribution in [0.1, 0.15) is 19.8 Å². The van der Waals surface area contributed by atoms with Gasteiger partial charge in [0.25, 0.3) is 5.56 Å². The number of benzene rings is 1. The van der Waals surface area contributed by atoms with E-state index in [1.165, 1.54) is 4.68 Å². The molecule has 1 fully saturated rings. The van der Waals surface area contributed by atoms with Gasteiger partial charge >= 0.3 is 5.97 Å². The highest BCUT2D eigenvalue weighted by atomic mass is 16.5. The zero-order chi connectivity index (χ0) is 16.2. The molecule has 2 heterocycles. The van der Waals surface area contributed by atoms with Crippen molar-refractivity contribution in [2.24, 2.45) is 5.92 Å². The van der Waals surface area contributed by atoms with Crippen molar-refractivity contribution in [3.8, 4) is 0 Å². The fourth-order valence-corrected chi connectivity index (χ4v) is 2.99. The predicted octanol–water partition coefficient (Wildman–Crippen LogP) is 1.63. The van der Waals surface area contributed by atoms with E-state index in [0.29, 0.717) is 18.7 Å². The average Bonchev–Trinajstić information content (AvgIpc) is 2.58. The van der Waals surface area contributed by atoms with Crippen molar-refractivity contribution in [1.82, 2.24) is 14.7 Å². The molecule has 0 bridgehead atoms. The molecule has 1 saturated heterocycles. The summed E-state index contributed by atoms with van der Waals surface area (Å²) in [7, 11) is 0. The van der Waals surface area contributed by atoms with Gasteiger partial charge in [-0.05, 0) is 25.8 Å². The van der Waals surface area contributed by atoms with Crippen molar-refractivity contribution in [1.29, 1.82) is 0 Å². The molecule has 1 aromatic carbocycles. The topological polar surface area (TPSA) is 64.4 Å². The molecule has 122 valence electrons. The number of likely N-dealkylation sites (tertiary alicyclic amines) is 1. The summed E-state index contributed by atoms with van der Waals surface area (Å²) in [4.78, 5) is 26.4. The minimum Gasteiger partial charge on any atom is -0.466 e. The van der Waals surface area contributed by atoms with Crippen molar-refractivity contribution in [2.45, 2.75) is 26.4 Å². The molecule has 0 amide bonds. The molecule has 1 aliphatic rings. The van der Waals surface area contributed by atoms with Crippen LogP contribution in [0, 0.1) is 5.92 Å². The van der Waals surface area contributed by atoms with E-state index >= 15 is 0 Å². The third-order valence-electron chi connectivity index (χ3n) is 4.30. The van der Waals surface area contributed by atoms with Gasteiger partial charge in [-0.2, -0.15) is 5.10 Å². The Labute approximate surface area is 134 Å². The summed E-state index contributed by atoms with van der Waals surface area (Å²) in [5, 5.41) is 5.80. The van der Waals surface area contributed by atoms with Gasteiger partial charge in [0.05, 0.1) is 30.8 Å². The van der Waals surface area contributed by atoms with Crippen molar-refractivity contribution in [3.63, 3.8) is 0 Å². The second kappa shape index (κ2) is 6.91. The van der Waals surface area contributed by atoms with E-state index in [9.17, 15) is 9.59 Å². The molecule has 0 radical (unpaired) electrons. The Morgan fingerprint density at radius 2 is 2.04 bits per heavy atom. The zero-order valence-electron chi connectivity index (χ0n) is 13.3. The Hall–Kier alpha value is -2.21. The van der Waals surface area contributed by atoms with Gasteiger partial charge < -0.3 is 4.74 Å². The molecular formula is C17H21N3O3. The lowest BCUT2D eigenvalue weighted by Crippen LogP contribution is -2.40. The number of carbonyl (C=O) groups is 1. The van der Waals surface area contributed by atoms with Gasteiger partial charge in [-0.15, -0.1) is 0 Å². The number of fused-ring (bicyclic) bond motifs is 1. The molecule has 0 unspecified atom stereocenters. The van der Waals surface area contributed by atoms with Gasteiger partial charge in [-0.1, -0.05) is 18.2 Å². The van der Waals surface area contributed by atoms with E-state index in [1.807, 2.05) is 31.2 Å². The molecule has 6 heteroatoms. The van der Waals surface area contributed by atoms with Crippen molar-refractivity contribution < 1.29 is 9.53 Å². The number of hydrogen-bond donors (Lipinski definition) is 0. The zero-order valence-corrected chi connectivity index (χ0v) is 13.3. The number of carbonyl (C=O) groups excluding carboxylic acids is 1. The highest BCUT2D eigenvalue weighted by Crippen LogP contribution is 2.19. The van der Waals surface area contributed by atoms with Crippen molar-refractivity contribution >= 4 is 16.7 Å². The second-order valence-corrected chi connectivity index (χ2v) is 5.82. The van der Waals surface area contributed by atoms with Crippen LogP contribution in [0.3, 0.4) is 0 Å². The molecular weight excluding hydrogens is 294 g/mol. The Bertz CT molecular complexity index is 748. The monoisotopic (exact) mass is 315 g/mol. The Morgan fingerprint density at radius 3 is 2.78 bits per heavy atom. The minimum absolute atomic E-state index is 0.0208. The maximum absolute atomic E-state index is 12.5. The third-order valence-corrected chi connectivity index (χ3v) is 4.30. The van der Waals surface area contributed by atoms with E-state index in [0.717, 1.165) is 31.3 Å². The Balaban J connectivity index is 1.66. The van der Waals surface area contributed by atoms with Crippen LogP contribution in [0.2, 0.25) is 0 Å². The van der Waals surface area contributed by atoms with Crippen LogP contribution in [0.15, 0.2) is 35.3 Å². The molecule has 1 aromatic heterocycles. The quantitative estimate of drug-likeness (QED) is 0.802. The minimum atomic E-state index is -0.104. The van der Waals surface area contributed by atoms with Gasteiger partial charge in [0, 0.05) is 18.5 Å². The molecule has 2 aromatic rings. The van der Waals surface area contributed by atoms with Gasteiger partial charge in [-0.3, -0.25) is 14.5 Å². The summed E-state index contributed by atoms with van der Waals surface area (Å²) in [5.41, 5.74) is -0.0735. The number of rotatable bonds is 4. The molecule has 0 N–H and O–H groups in total. The number of hydrogen-bond acceptors (Lipinski definition) is 5. The van der Waals surface area contributed by atoms with E-state index in [-0.39, 0.29) is 17.4 Å². The fraction of sp³-hybridized carbons (Fsp3) is 0.471. The summed E-state index contributed by atoms with van der Waals surface area (Å²) < 4.78 is 6.57. The highest BCUT2D eigenvalue weighted by molar-refractivity contribution is 5.80. The fourth-order valence-electron chi connectivity index (χ4n) is 2.99. The summed E-state index contributed by atoms with van der Waals surface area (Å²) in [5.74, 6) is -0.124. The maximum Gasteiger partial charge on any atom is 0.309 e. The van der Waals surface area contributed by atoms with E-state index in [4.69, 9.17) is 4.74 Å². The number of nitrogens with zero attached hydrogens (tertiary/aromatic N) is 3. The predicted molar refractivity (Wildman–Crippen MR) is 86.9 cm³/mol. The molecule has 0 atom stereocenters. The summed E-state index contributed by atoms with van der Waals surface area (Å²) in [6.45, 7) is 4.24. The molecule has 6 nitrogen and oxygen atoms in total. The van der Waals surface area contributed by atoms with E-state index in [2.05, 4.69) is 10.00 Å². The van der Waals surface area contributed by atoms with Crippen LogP contribution in [0.4, 0.5) is 0 Å². The lowest BCUT2D eigenvalue weighted by molar-refractivity contribution is -0.149. The van der Waals surface area contributed by atoms with Crippen LogP contribution in [-0.2, 0) is 16.2 Å². The number of esters is 1. The third kappa shape index (κ3) is 3.42. The Kier molecular flexibility index (Phi) is 4.71. The second-order valence-electron chi connectivity index (χ2n) is 5.82. The standard InChI is InChI=1S/C17H21N3O3/c1-2-23-17(22)13-7-9-19(10-8-13)12-20-16(21)15-6-4-3-5-14(15)11-18-20/h3-6,11,13H,2,7-10,12H2,1H3. The largest absolute Gasteiger partial charge is 0.466 e. The average molecular weight is 315 g/mol. The first-order chi connectivity index (χ1) is 11.2. The lowest BCUT2D eigenvalue weighted by Gasteiger charge is -2.30. The molecule has 0 aliphatic carbocycles. The number of aromatic nitrogens is 2. The van der Waals surface area contributed by atoms with Gasteiger partial charge in [0.2, 0.25) is 0 Å². The van der Waals surface area contributed by atoms with Gasteiger partial charge in [-0.25, -0.2) is 4.68 Å². The van der Waals surface area contributed by atoms with Crippen LogP contribution in [0.5, 0.6) is 0 Å². The number of ether oxygens (including phenoxy) is 1. The molecule has 23 heavy (non-hydrogen) atoms. The maximum atomic E-state index is 12.5. The highest BCUT2D eigenvalue weighted by Gasteiger charge is 2.26. The van der Waals surface area contributed by atoms with Crippen molar-refractivity contribution in [2.75, 3.05) is 19.7 Å². The molecule has 1 aliphatic heterocycles. The van der Waals surface area contributed by atoms with Crippen LogP contribution in [0.25, 0.3) is 10.8 Å². The first-order valence-electron chi connectivity index (χ1n) is 8.03. The SMILES string of the molecule is CCOC(=O)C1CCN(Cn2ncc3ccccc3c2=O)CC1. The van der Waals surface area contributed by atoms with Crippen LogP contribution < -0.4 is 5.56 Å².